The van der Waals surface area contributed by atoms with Gasteiger partial charge in [0.05, 0.1) is 12.5 Å². The Bertz CT molecular complexity index is 455. The number of likely N-dealkylation sites (N-methyl/N-ethyl adjacent to an activating group) is 1. The van der Waals surface area contributed by atoms with Crippen molar-refractivity contribution < 1.29 is 9.53 Å². The first-order chi connectivity index (χ1) is 9.11. The topological polar surface area (TPSA) is 55.6 Å². The maximum atomic E-state index is 12.2. The first kappa shape index (κ1) is 13.9. The second-order valence-electron chi connectivity index (χ2n) is 5.31. The average molecular weight is 262 g/mol. The van der Waals surface area contributed by atoms with E-state index in [-0.39, 0.29) is 11.3 Å². The molecule has 1 aromatic rings. The lowest BCUT2D eigenvalue weighted by molar-refractivity contribution is -0.135. The van der Waals surface area contributed by atoms with Gasteiger partial charge in [0.2, 0.25) is 5.91 Å². The summed E-state index contributed by atoms with van der Waals surface area (Å²) in [5.74, 6) is 1.05. The largest absolute Gasteiger partial charge is 0.497 e. The van der Waals surface area contributed by atoms with Crippen molar-refractivity contribution in [3.63, 3.8) is 0 Å². The molecule has 1 amide bonds. The van der Waals surface area contributed by atoms with Crippen molar-refractivity contribution >= 4 is 5.91 Å². The van der Waals surface area contributed by atoms with E-state index in [0.717, 1.165) is 25.0 Å². The zero-order chi connectivity index (χ0) is 13.9. The van der Waals surface area contributed by atoms with Crippen LogP contribution >= 0.6 is 0 Å². The van der Waals surface area contributed by atoms with Crippen molar-refractivity contribution in [2.75, 3.05) is 27.2 Å². The van der Waals surface area contributed by atoms with Gasteiger partial charge in [0, 0.05) is 20.1 Å². The maximum Gasteiger partial charge on any atom is 0.229 e. The summed E-state index contributed by atoms with van der Waals surface area (Å²) >= 11 is 0. The van der Waals surface area contributed by atoms with Gasteiger partial charge in [-0.05, 0) is 37.0 Å². The molecule has 1 aliphatic carbocycles. The van der Waals surface area contributed by atoms with Crippen molar-refractivity contribution in [3.8, 4) is 5.75 Å². The molecule has 0 saturated heterocycles. The maximum absolute atomic E-state index is 12.2. The number of hydrogen-bond acceptors (Lipinski definition) is 3. The van der Waals surface area contributed by atoms with Crippen molar-refractivity contribution in [1.29, 1.82) is 0 Å². The van der Waals surface area contributed by atoms with E-state index in [1.165, 1.54) is 5.56 Å². The van der Waals surface area contributed by atoms with Gasteiger partial charge in [-0.1, -0.05) is 12.1 Å². The Kier molecular flexibility index (Phi) is 4.10. The van der Waals surface area contributed by atoms with Gasteiger partial charge in [-0.2, -0.15) is 0 Å². The van der Waals surface area contributed by atoms with Crippen LogP contribution in [0.15, 0.2) is 24.3 Å². The number of rotatable bonds is 6. The third-order valence-corrected chi connectivity index (χ3v) is 3.91. The Balaban J connectivity index is 1.89. The number of nitrogens with zero attached hydrogens (tertiary/aromatic N) is 1. The molecule has 104 valence electrons. The minimum Gasteiger partial charge on any atom is -0.497 e. The van der Waals surface area contributed by atoms with E-state index in [4.69, 9.17) is 10.5 Å². The van der Waals surface area contributed by atoms with E-state index in [1.807, 2.05) is 25.2 Å². The summed E-state index contributed by atoms with van der Waals surface area (Å²) in [4.78, 5) is 14.0. The fourth-order valence-corrected chi connectivity index (χ4v) is 2.29. The first-order valence-corrected chi connectivity index (χ1v) is 6.70. The molecule has 0 aromatic heterocycles. The Hall–Kier alpha value is -1.55. The van der Waals surface area contributed by atoms with Crippen LogP contribution in [0.1, 0.15) is 18.4 Å². The van der Waals surface area contributed by atoms with Gasteiger partial charge in [0.25, 0.3) is 0 Å². The zero-order valence-corrected chi connectivity index (χ0v) is 11.7. The first-order valence-electron chi connectivity index (χ1n) is 6.70. The van der Waals surface area contributed by atoms with Crippen LogP contribution in [0.3, 0.4) is 0 Å². The predicted octanol–water partition coefficient (Wildman–Crippen LogP) is 1.43. The highest BCUT2D eigenvalue weighted by molar-refractivity contribution is 5.85. The number of ether oxygens (including phenoxy) is 1. The summed E-state index contributed by atoms with van der Waals surface area (Å²) in [6, 6.07) is 7.95. The normalized spacial score (nSPS) is 15.9. The van der Waals surface area contributed by atoms with Gasteiger partial charge in [0.15, 0.2) is 0 Å². The van der Waals surface area contributed by atoms with Crippen LogP contribution in [0.2, 0.25) is 0 Å². The molecule has 1 aliphatic rings. The Morgan fingerprint density at radius 1 is 1.47 bits per heavy atom. The van der Waals surface area contributed by atoms with E-state index in [2.05, 4.69) is 6.07 Å². The highest BCUT2D eigenvalue weighted by atomic mass is 16.5. The molecule has 4 heteroatoms. The molecule has 19 heavy (non-hydrogen) atoms. The third kappa shape index (κ3) is 3.07. The summed E-state index contributed by atoms with van der Waals surface area (Å²) in [7, 11) is 3.52. The Morgan fingerprint density at radius 3 is 2.79 bits per heavy atom. The van der Waals surface area contributed by atoms with Crippen LogP contribution < -0.4 is 10.5 Å². The number of benzene rings is 1. The molecule has 0 radical (unpaired) electrons. The minimum atomic E-state index is -0.247. The highest BCUT2D eigenvalue weighted by Gasteiger charge is 2.49. The Morgan fingerprint density at radius 2 is 2.21 bits per heavy atom. The molecule has 0 spiro atoms. The minimum absolute atomic E-state index is 0.192. The van der Waals surface area contributed by atoms with Gasteiger partial charge in [-0.25, -0.2) is 0 Å². The molecule has 4 nitrogen and oxygen atoms in total. The second-order valence-corrected chi connectivity index (χ2v) is 5.31. The van der Waals surface area contributed by atoms with Crippen molar-refractivity contribution in [3.05, 3.63) is 29.8 Å². The van der Waals surface area contributed by atoms with Gasteiger partial charge < -0.3 is 15.4 Å². The van der Waals surface area contributed by atoms with Gasteiger partial charge in [-0.3, -0.25) is 4.79 Å². The molecule has 0 atom stereocenters. The van der Waals surface area contributed by atoms with Gasteiger partial charge in [0.1, 0.15) is 5.75 Å². The number of carbonyl (C=O) groups excluding carboxylic acids is 1. The number of nitrogens with two attached hydrogens (primary N) is 1. The van der Waals surface area contributed by atoms with Crippen molar-refractivity contribution in [2.24, 2.45) is 11.1 Å². The summed E-state index contributed by atoms with van der Waals surface area (Å²) in [5.41, 5.74) is 6.62. The molecule has 1 saturated carbocycles. The van der Waals surface area contributed by atoms with E-state index < -0.39 is 0 Å². The molecule has 2 N–H and O–H groups in total. The second kappa shape index (κ2) is 5.61. The lowest BCUT2D eigenvalue weighted by Crippen LogP contribution is -2.39. The van der Waals surface area contributed by atoms with Crippen LogP contribution in [-0.2, 0) is 11.2 Å². The SMILES string of the molecule is COc1cccc(CCN(C)C(=O)C2(CN)CC2)c1. The summed E-state index contributed by atoms with van der Waals surface area (Å²) in [6.07, 6.45) is 2.71. The molecule has 1 fully saturated rings. The number of hydrogen-bond donors (Lipinski definition) is 1. The quantitative estimate of drug-likeness (QED) is 0.844. The molecule has 0 bridgehead atoms. The van der Waals surface area contributed by atoms with Crippen LogP contribution in [0.5, 0.6) is 5.75 Å². The number of methoxy groups -OCH3 is 1. The molecule has 2 rings (SSSR count). The summed E-state index contributed by atoms with van der Waals surface area (Å²) in [6.45, 7) is 1.18. The molecular weight excluding hydrogens is 240 g/mol. The standard InChI is InChI=1S/C15H22N2O2/c1-17(14(18)15(11-16)7-8-15)9-6-12-4-3-5-13(10-12)19-2/h3-5,10H,6-9,11,16H2,1-2H3. The van der Waals surface area contributed by atoms with Crippen molar-refractivity contribution in [2.45, 2.75) is 19.3 Å². The fourth-order valence-electron chi connectivity index (χ4n) is 2.29. The van der Waals surface area contributed by atoms with Gasteiger partial charge >= 0.3 is 0 Å². The van der Waals surface area contributed by atoms with E-state index in [1.54, 1.807) is 12.0 Å². The van der Waals surface area contributed by atoms with Crippen LogP contribution in [0.25, 0.3) is 0 Å². The lowest BCUT2D eigenvalue weighted by atomic mass is 10.1. The molecule has 1 aromatic carbocycles. The van der Waals surface area contributed by atoms with Crippen LogP contribution in [-0.4, -0.2) is 38.1 Å². The van der Waals surface area contributed by atoms with Gasteiger partial charge in [-0.15, -0.1) is 0 Å². The average Bonchev–Trinajstić information content (AvgIpc) is 3.25. The molecule has 0 aliphatic heterocycles. The summed E-state index contributed by atoms with van der Waals surface area (Å²) < 4.78 is 5.19. The third-order valence-electron chi connectivity index (χ3n) is 3.91. The number of carbonyl (C=O) groups is 1. The lowest BCUT2D eigenvalue weighted by Gasteiger charge is -2.22. The highest BCUT2D eigenvalue weighted by Crippen LogP contribution is 2.45. The zero-order valence-electron chi connectivity index (χ0n) is 11.7. The fraction of sp³-hybridized carbons (Fsp3) is 0.533. The summed E-state index contributed by atoms with van der Waals surface area (Å²) in [5, 5.41) is 0. The number of amides is 1. The van der Waals surface area contributed by atoms with Crippen LogP contribution in [0, 0.1) is 5.41 Å². The Labute approximate surface area is 114 Å². The predicted molar refractivity (Wildman–Crippen MR) is 75.1 cm³/mol. The smallest absolute Gasteiger partial charge is 0.229 e. The van der Waals surface area contributed by atoms with Crippen LogP contribution in [0.4, 0.5) is 0 Å². The van der Waals surface area contributed by atoms with E-state index in [9.17, 15) is 4.79 Å². The van der Waals surface area contributed by atoms with E-state index >= 15 is 0 Å². The van der Waals surface area contributed by atoms with Crippen molar-refractivity contribution in [1.82, 2.24) is 4.90 Å². The van der Waals surface area contributed by atoms with E-state index in [0.29, 0.717) is 13.1 Å². The molecule has 0 unspecified atom stereocenters. The molecule has 0 heterocycles. The monoisotopic (exact) mass is 262 g/mol. The molecular formula is C15H22N2O2.